The molecule has 3 rings (SSSR count). The fourth-order valence-electron chi connectivity index (χ4n) is 2.12. The number of para-hydroxylation sites is 1. The molecule has 0 saturated carbocycles. The second-order valence-corrected chi connectivity index (χ2v) is 4.51. The second kappa shape index (κ2) is 5.24. The largest absolute Gasteiger partial charge is 0.507 e. The summed E-state index contributed by atoms with van der Waals surface area (Å²) in [5, 5.41) is 21.1. The maximum absolute atomic E-state index is 9.76. The molecule has 5 heteroatoms. The number of nitrogens with zero attached hydrogens (tertiary/aromatic N) is 2. The maximum atomic E-state index is 9.76. The lowest BCUT2D eigenvalue weighted by Gasteiger charge is -2.11. The molecule has 19 heavy (non-hydrogen) atoms. The highest BCUT2D eigenvalue weighted by atomic mass is 16.5. The number of aromatic hydroxyl groups is 1. The molecular weight excluding hydrogens is 242 g/mol. The molecule has 1 fully saturated rings. The van der Waals surface area contributed by atoms with E-state index in [1.807, 2.05) is 6.07 Å². The van der Waals surface area contributed by atoms with Crippen LogP contribution in [-0.4, -0.2) is 34.5 Å². The van der Waals surface area contributed by atoms with Crippen LogP contribution in [0.25, 0.3) is 11.3 Å². The molecule has 0 aliphatic carbocycles. The molecule has 5 nitrogen and oxygen atoms in total. The monoisotopic (exact) mass is 257 g/mol. The summed E-state index contributed by atoms with van der Waals surface area (Å²) >= 11 is 0. The van der Waals surface area contributed by atoms with Gasteiger partial charge in [-0.2, -0.15) is 0 Å². The van der Waals surface area contributed by atoms with Crippen LogP contribution in [0.5, 0.6) is 11.6 Å². The van der Waals surface area contributed by atoms with Crippen molar-refractivity contribution >= 4 is 0 Å². The molecule has 1 aromatic carbocycles. The normalized spacial score (nSPS) is 18.4. The molecule has 1 atom stereocenters. The van der Waals surface area contributed by atoms with Gasteiger partial charge in [0.15, 0.2) is 0 Å². The van der Waals surface area contributed by atoms with Crippen molar-refractivity contribution in [3.63, 3.8) is 0 Å². The molecule has 1 aliphatic rings. The summed E-state index contributed by atoms with van der Waals surface area (Å²) in [7, 11) is 0. The Bertz CT molecular complexity index is 551. The minimum atomic E-state index is 0.172. The van der Waals surface area contributed by atoms with Gasteiger partial charge in [-0.15, -0.1) is 10.2 Å². The van der Waals surface area contributed by atoms with E-state index in [2.05, 4.69) is 15.5 Å². The lowest BCUT2D eigenvalue weighted by molar-refractivity contribution is 0.212. The van der Waals surface area contributed by atoms with Gasteiger partial charge >= 0.3 is 0 Å². The van der Waals surface area contributed by atoms with Gasteiger partial charge in [0, 0.05) is 18.2 Å². The van der Waals surface area contributed by atoms with Gasteiger partial charge in [0.25, 0.3) is 0 Å². The summed E-state index contributed by atoms with van der Waals surface area (Å²) in [4.78, 5) is 0. The van der Waals surface area contributed by atoms with E-state index < -0.39 is 0 Å². The van der Waals surface area contributed by atoms with Crippen LogP contribution in [0.4, 0.5) is 0 Å². The van der Waals surface area contributed by atoms with Gasteiger partial charge in [-0.25, -0.2) is 0 Å². The molecule has 0 bridgehead atoms. The number of ether oxygens (including phenoxy) is 1. The topological polar surface area (TPSA) is 67.3 Å². The Hall–Kier alpha value is -2.14. The van der Waals surface area contributed by atoms with Crippen molar-refractivity contribution in [2.24, 2.45) is 0 Å². The minimum Gasteiger partial charge on any atom is -0.507 e. The summed E-state index contributed by atoms with van der Waals surface area (Å²) < 4.78 is 5.70. The number of benzene rings is 1. The molecule has 0 radical (unpaired) electrons. The van der Waals surface area contributed by atoms with E-state index in [4.69, 9.17) is 4.74 Å². The van der Waals surface area contributed by atoms with Crippen molar-refractivity contribution in [2.45, 2.75) is 12.5 Å². The third-order valence-electron chi connectivity index (χ3n) is 3.12. The van der Waals surface area contributed by atoms with Crippen molar-refractivity contribution in [1.29, 1.82) is 0 Å². The number of phenolic OH excluding ortho intramolecular Hbond substituents is 1. The SMILES string of the molecule is Oc1ccccc1-c1ccc(OC2CCNC2)nn1. The second-order valence-electron chi connectivity index (χ2n) is 4.51. The number of rotatable bonds is 3. The Kier molecular flexibility index (Phi) is 3.29. The highest BCUT2D eigenvalue weighted by Gasteiger charge is 2.16. The Balaban J connectivity index is 1.77. The van der Waals surface area contributed by atoms with Crippen LogP contribution < -0.4 is 10.1 Å². The zero-order valence-electron chi connectivity index (χ0n) is 10.4. The number of hydrogen-bond donors (Lipinski definition) is 2. The molecule has 1 unspecified atom stereocenters. The van der Waals surface area contributed by atoms with Gasteiger partial charge in [-0.3, -0.25) is 0 Å². The standard InChI is InChI=1S/C14H15N3O2/c18-13-4-2-1-3-11(13)12-5-6-14(17-16-12)19-10-7-8-15-9-10/h1-6,10,15,18H,7-9H2. The summed E-state index contributed by atoms with van der Waals surface area (Å²) in [6, 6.07) is 10.7. The van der Waals surface area contributed by atoms with Crippen molar-refractivity contribution in [3.8, 4) is 22.9 Å². The first-order valence-electron chi connectivity index (χ1n) is 6.32. The van der Waals surface area contributed by atoms with E-state index in [0.717, 1.165) is 19.5 Å². The molecule has 98 valence electrons. The van der Waals surface area contributed by atoms with E-state index in [0.29, 0.717) is 17.1 Å². The smallest absolute Gasteiger partial charge is 0.233 e. The summed E-state index contributed by atoms with van der Waals surface area (Å²) in [6.45, 7) is 1.83. The predicted molar refractivity (Wildman–Crippen MR) is 71.0 cm³/mol. The van der Waals surface area contributed by atoms with Crippen LogP contribution in [-0.2, 0) is 0 Å². The third-order valence-corrected chi connectivity index (χ3v) is 3.12. The number of nitrogens with one attached hydrogen (secondary N) is 1. The lowest BCUT2D eigenvalue weighted by atomic mass is 10.1. The average Bonchev–Trinajstić information content (AvgIpc) is 2.93. The minimum absolute atomic E-state index is 0.172. The quantitative estimate of drug-likeness (QED) is 0.874. The van der Waals surface area contributed by atoms with Crippen LogP contribution in [0.15, 0.2) is 36.4 Å². The van der Waals surface area contributed by atoms with E-state index in [9.17, 15) is 5.11 Å². The Morgan fingerprint density at radius 3 is 2.74 bits per heavy atom. The lowest BCUT2D eigenvalue weighted by Crippen LogP contribution is -2.20. The van der Waals surface area contributed by atoms with Gasteiger partial charge in [0.1, 0.15) is 11.9 Å². The fraction of sp³-hybridized carbons (Fsp3) is 0.286. The average molecular weight is 257 g/mol. The Morgan fingerprint density at radius 1 is 1.16 bits per heavy atom. The van der Waals surface area contributed by atoms with E-state index in [1.54, 1.807) is 30.3 Å². The molecule has 1 saturated heterocycles. The molecular formula is C14H15N3O2. The summed E-state index contributed by atoms with van der Waals surface area (Å²) in [5.74, 6) is 0.721. The van der Waals surface area contributed by atoms with Crippen molar-refractivity contribution < 1.29 is 9.84 Å². The first-order chi connectivity index (χ1) is 9.33. The zero-order valence-corrected chi connectivity index (χ0v) is 10.4. The van der Waals surface area contributed by atoms with Gasteiger partial charge in [-0.05, 0) is 31.2 Å². The first-order valence-corrected chi connectivity index (χ1v) is 6.32. The van der Waals surface area contributed by atoms with Crippen LogP contribution in [0.2, 0.25) is 0 Å². The molecule has 2 aromatic rings. The van der Waals surface area contributed by atoms with Gasteiger partial charge in [0.2, 0.25) is 5.88 Å². The fourth-order valence-corrected chi connectivity index (χ4v) is 2.12. The van der Waals surface area contributed by atoms with Crippen LogP contribution in [0.3, 0.4) is 0 Å². The molecule has 0 amide bonds. The van der Waals surface area contributed by atoms with Crippen LogP contribution in [0.1, 0.15) is 6.42 Å². The Labute approximate surface area is 111 Å². The van der Waals surface area contributed by atoms with Gasteiger partial charge in [0.05, 0.1) is 5.69 Å². The molecule has 0 spiro atoms. The highest BCUT2D eigenvalue weighted by molar-refractivity contribution is 5.66. The molecule has 1 aromatic heterocycles. The van der Waals surface area contributed by atoms with Crippen LogP contribution >= 0.6 is 0 Å². The molecule has 1 aliphatic heterocycles. The van der Waals surface area contributed by atoms with Crippen molar-refractivity contribution in [1.82, 2.24) is 15.5 Å². The van der Waals surface area contributed by atoms with Crippen LogP contribution in [0, 0.1) is 0 Å². The Morgan fingerprint density at radius 2 is 2.05 bits per heavy atom. The van der Waals surface area contributed by atoms with Gasteiger partial charge in [-0.1, -0.05) is 12.1 Å². The number of phenols is 1. The number of hydrogen-bond acceptors (Lipinski definition) is 5. The van der Waals surface area contributed by atoms with Gasteiger partial charge < -0.3 is 15.2 Å². The predicted octanol–water partition coefficient (Wildman–Crippen LogP) is 1.59. The zero-order chi connectivity index (χ0) is 13.1. The van der Waals surface area contributed by atoms with Crippen molar-refractivity contribution in [3.05, 3.63) is 36.4 Å². The highest BCUT2D eigenvalue weighted by Crippen LogP contribution is 2.27. The third kappa shape index (κ3) is 2.66. The number of aromatic nitrogens is 2. The van der Waals surface area contributed by atoms with E-state index in [-0.39, 0.29) is 11.9 Å². The van der Waals surface area contributed by atoms with E-state index in [1.165, 1.54) is 0 Å². The summed E-state index contributed by atoms with van der Waals surface area (Å²) in [6.07, 6.45) is 1.16. The van der Waals surface area contributed by atoms with E-state index >= 15 is 0 Å². The first kappa shape index (κ1) is 11.9. The van der Waals surface area contributed by atoms with Crippen molar-refractivity contribution in [2.75, 3.05) is 13.1 Å². The molecule has 2 N–H and O–H groups in total. The maximum Gasteiger partial charge on any atom is 0.233 e. The summed E-state index contributed by atoms with van der Waals surface area (Å²) in [5.41, 5.74) is 1.30. The molecule has 2 heterocycles.